The van der Waals surface area contributed by atoms with Gasteiger partial charge in [-0.05, 0) is 36.2 Å². The summed E-state index contributed by atoms with van der Waals surface area (Å²) in [4.78, 5) is 14.6. The number of carbonyl (C=O) groups excluding carboxylic acids is 1. The summed E-state index contributed by atoms with van der Waals surface area (Å²) < 4.78 is 32.2. The zero-order valence-electron chi connectivity index (χ0n) is 14.0. The lowest BCUT2D eigenvalue weighted by Gasteiger charge is -2.09. The van der Waals surface area contributed by atoms with Gasteiger partial charge in [0.25, 0.3) is 0 Å². The van der Waals surface area contributed by atoms with E-state index >= 15 is 0 Å². The zero-order valence-corrected chi connectivity index (χ0v) is 15.5. The molecular formula is C18H17ClN2O4S. The van der Waals surface area contributed by atoms with Crippen LogP contribution in [0.3, 0.4) is 0 Å². The Morgan fingerprint density at radius 2 is 2.00 bits per heavy atom. The summed E-state index contributed by atoms with van der Waals surface area (Å²) in [5, 5.41) is 1.09. The minimum absolute atomic E-state index is 0.0391. The van der Waals surface area contributed by atoms with E-state index in [1.54, 1.807) is 0 Å². The molecule has 0 aliphatic heterocycles. The second kappa shape index (κ2) is 7.49. The van der Waals surface area contributed by atoms with E-state index in [-0.39, 0.29) is 22.0 Å². The average Bonchev–Trinajstić information content (AvgIpc) is 3.04. The first-order valence-electron chi connectivity index (χ1n) is 7.85. The predicted molar refractivity (Wildman–Crippen MR) is 100.0 cm³/mol. The van der Waals surface area contributed by atoms with Gasteiger partial charge >= 0.3 is 5.97 Å². The number of carbonyl (C=O) groups is 1. The summed E-state index contributed by atoms with van der Waals surface area (Å²) in [7, 11) is -2.63. The SMILES string of the molecule is COC(=O)c1ccc(Cl)c(S(=O)(=O)NCCc2c[nH]c3ccccc23)c1. The highest BCUT2D eigenvalue weighted by Gasteiger charge is 2.20. The van der Waals surface area contributed by atoms with Gasteiger partial charge in [-0.25, -0.2) is 17.9 Å². The van der Waals surface area contributed by atoms with Gasteiger partial charge in [0.2, 0.25) is 10.0 Å². The maximum absolute atomic E-state index is 12.6. The molecule has 0 radical (unpaired) electrons. The molecule has 0 unspecified atom stereocenters. The molecule has 0 amide bonds. The Kier molecular flexibility index (Phi) is 5.31. The van der Waals surface area contributed by atoms with Crippen LogP contribution in [0.5, 0.6) is 0 Å². The number of fused-ring (bicyclic) bond motifs is 1. The number of para-hydroxylation sites is 1. The summed E-state index contributed by atoms with van der Waals surface area (Å²) in [5.41, 5.74) is 2.13. The Bertz CT molecular complexity index is 1060. The molecule has 0 fully saturated rings. The smallest absolute Gasteiger partial charge is 0.337 e. The van der Waals surface area contributed by atoms with Gasteiger partial charge < -0.3 is 9.72 Å². The number of halogens is 1. The van der Waals surface area contributed by atoms with Crippen molar-refractivity contribution in [2.24, 2.45) is 0 Å². The van der Waals surface area contributed by atoms with E-state index in [4.69, 9.17) is 11.6 Å². The van der Waals surface area contributed by atoms with Crippen molar-refractivity contribution >= 4 is 38.5 Å². The Morgan fingerprint density at radius 1 is 1.23 bits per heavy atom. The number of nitrogens with one attached hydrogen (secondary N) is 2. The van der Waals surface area contributed by atoms with Gasteiger partial charge in [-0.2, -0.15) is 0 Å². The molecule has 3 rings (SSSR count). The first-order chi connectivity index (χ1) is 12.4. The first-order valence-corrected chi connectivity index (χ1v) is 9.71. The third kappa shape index (κ3) is 3.75. The van der Waals surface area contributed by atoms with Gasteiger partial charge in [0, 0.05) is 23.6 Å². The third-order valence-electron chi connectivity index (χ3n) is 4.00. The van der Waals surface area contributed by atoms with E-state index in [2.05, 4.69) is 14.4 Å². The molecule has 0 bridgehead atoms. The number of hydrogen-bond donors (Lipinski definition) is 2. The highest BCUT2D eigenvalue weighted by molar-refractivity contribution is 7.89. The molecule has 0 aliphatic rings. The van der Waals surface area contributed by atoms with Gasteiger partial charge in [-0.15, -0.1) is 0 Å². The van der Waals surface area contributed by atoms with E-state index < -0.39 is 16.0 Å². The molecule has 6 nitrogen and oxygen atoms in total. The fraction of sp³-hybridized carbons (Fsp3) is 0.167. The van der Waals surface area contributed by atoms with E-state index in [0.29, 0.717) is 6.42 Å². The number of H-pyrrole nitrogens is 1. The van der Waals surface area contributed by atoms with Crippen molar-refractivity contribution in [3.63, 3.8) is 0 Å². The third-order valence-corrected chi connectivity index (χ3v) is 5.95. The normalized spacial score (nSPS) is 11.6. The predicted octanol–water partition coefficient (Wildman–Crippen LogP) is 3.13. The number of aromatic amines is 1. The van der Waals surface area contributed by atoms with Crippen LogP contribution in [0, 0.1) is 0 Å². The molecule has 136 valence electrons. The molecule has 0 saturated carbocycles. The summed E-state index contributed by atoms with van der Waals surface area (Å²) in [6.07, 6.45) is 2.38. The average molecular weight is 393 g/mol. The van der Waals surface area contributed by atoms with Crippen LogP contribution in [0.1, 0.15) is 15.9 Å². The Labute approximate surface area is 156 Å². The number of hydrogen-bond acceptors (Lipinski definition) is 4. The lowest BCUT2D eigenvalue weighted by Crippen LogP contribution is -2.26. The van der Waals surface area contributed by atoms with Crippen molar-refractivity contribution in [2.75, 3.05) is 13.7 Å². The monoisotopic (exact) mass is 392 g/mol. The molecule has 0 saturated heterocycles. The van der Waals surface area contributed by atoms with Crippen LogP contribution >= 0.6 is 11.6 Å². The molecule has 0 spiro atoms. The lowest BCUT2D eigenvalue weighted by molar-refractivity contribution is 0.0600. The Hall–Kier alpha value is -2.35. The van der Waals surface area contributed by atoms with E-state index in [9.17, 15) is 13.2 Å². The van der Waals surface area contributed by atoms with Crippen molar-refractivity contribution in [1.82, 2.24) is 9.71 Å². The van der Waals surface area contributed by atoms with Gasteiger partial charge in [0.1, 0.15) is 4.90 Å². The molecule has 0 atom stereocenters. The van der Waals surface area contributed by atoms with Gasteiger partial charge in [-0.3, -0.25) is 0 Å². The van der Waals surface area contributed by atoms with Crippen molar-refractivity contribution in [3.05, 3.63) is 64.8 Å². The number of rotatable bonds is 6. The van der Waals surface area contributed by atoms with Crippen LogP contribution in [-0.2, 0) is 21.2 Å². The van der Waals surface area contributed by atoms with Crippen molar-refractivity contribution in [2.45, 2.75) is 11.3 Å². The Morgan fingerprint density at radius 3 is 2.77 bits per heavy atom. The highest BCUT2D eigenvalue weighted by atomic mass is 35.5. The first kappa shape index (κ1) is 18.4. The second-order valence-corrected chi connectivity index (χ2v) is 7.79. The molecule has 8 heteroatoms. The minimum Gasteiger partial charge on any atom is -0.465 e. The van der Waals surface area contributed by atoms with Crippen molar-refractivity contribution in [1.29, 1.82) is 0 Å². The van der Waals surface area contributed by atoms with E-state index in [1.165, 1.54) is 25.3 Å². The fourth-order valence-corrected chi connectivity index (χ4v) is 4.25. The van der Waals surface area contributed by atoms with Crippen LogP contribution in [0.4, 0.5) is 0 Å². The second-order valence-electron chi connectivity index (χ2n) is 5.64. The van der Waals surface area contributed by atoms with E-state index in [1.807, 2.05) is 30.5 Å². The lowest BCUT2D eigenvalue weighted by atomic mass is 10.1. The number of aromatic nitrogens is 1. The van der Waals surface area contributed by atoms with Crippen molar-refractivity contribution < 1.29 is 17.9 Å². The molecule has 26 heavy (non-hydrogen) atoms. The molecule has 1 heterocycles. The summed E-state index contributed by atoms with van der Waals surface area (Å²) in [6, 6.07) is 11.8. The standard InChI is InChI=1S/C18H17ClN2O4S/c1-25-18(22)12-6-7-15(19)17(10-12)26(23,24)21-9-8-13-11-20-16-5-3-2-4-14(13)16/h2-7,10-11,20-21H,8-9H2,1H3. The van der Waals surface area contributed by atoms with Gasteiger partial charge in [-0.1, -0.05) is 29.8 Å². The largest absolute Gasteiger partial charge is 0.465 e. The number of sulfonamides is 1. The summed E-state index contributed by atoms with van der Waals surface area (Å²) in [6.45, 7) is 0.197. The minimum atomic E-state index is -3.86. The number of methoxy groups -OCH3 is 1. The number of esters is 1. The van der Waals surface area contributed by atoms with Crippen LogP contribution in [-0.4, -0.2) is 33.0 Å². The molecule has 0 aliphatic carbocycles. The topological polar surface area (TPSA) is 88.3 Å². The molecule has 2 aromatic carbocycles. The Balaban J connectivity index is 1.76. The van der Waals surface area contributed by atoms with Crippen LogP contribution < -0.4 is 4.72 Å². The van der Waals surface area contributed by atoms with Crippen LogP contribution in [0.25, 0.3) is 10.9 Å². The number of benzene rings is 2. The maximum Gasteiger partial charge on any atom is 0.337 e. The van der Waals surface area contributed by atoms with Crippen LogP contribution in [0.2, 0.25) is 5.02 Å². The quantitative estimate of drug-likeness (QED) is 0.631. The van der Waals surface area contributed by atoms with Gasteiger partial charge in [0.05, 0.1) is 17.7 Å². The molecule has 3 aromatic rings. The fourth-order valence-electron chi connectivity index (χ4n) is 2.69. The molecule has 2 N–H and O–H groups in total. The zero-order chi connectivity index (χ0) is 18.7. The van der Waals surface area contributed by atoms with Gasteiger partial charge in [0.15, 0.2) is 0 Å². The molecular weight excluding hydrogens is 376 g/mol. The van der Waals surface area contributed by atoms with E-state index in [0.717, 1.165) is 16.5 Å². The number of ether oxygens (including phenoxy) is 1. The summed E-state index contributed by atoms with van der Waals surface area (Å²) >= 11 is 6.01. The summed E-state index contributed by atoms with van der Waals surface area (Å²) in [5.74, 6) is -0.628. The molecule has 1 aromatic heterocycles. The van der Waals surface area contributed by atoms with Crippen LogP contribution in [0.15, 0.2) is 53.6 Å². The highest BCUT2D eigenvalue weighted by Crippen LogP contribution is 2.23. The van der Waals surface area contributed by atoms with Crippen molar-refractivity contribution in [3.8, 4) is 0 Å². The maximum atomic E-state index is 12.6.